The maximum atomic E-state index is 14.4. The molecule has 0 saturated heterocycles. The number of carbonyl (C=O) groups excluding carboxylic acids is 1. The number of ether oxygens (including phenoxy) is 4. The molecule has 0 bridgehead atoms. The van der Waals surface area contributed by atoms with Crippen molar-refractivity contribution in [3.63, 3.8) is 0 Å². The Morgan fingerprint density at radius 3 is 1.30 bits per heavy atom. The Hall–Kier alpha value is -2.97. The van der Waals surface area contributed by atoms with Crippen molar-refractivity contribution in [3.05, 3.63) is 47.5 Å². The summed E-state index contributed by atoms with van der Waals surface area (Å²) < 4.78 is 77.8. The predicted octanol–water partition coefficient (Wildman–Crippen LogP) is 4.35. The molecule has 164 valence electrons. The molecule has 2 aromatic rings. The van der Waals surface area contributed by atoms with Gasteiger partial charge in [0.05, 0.1) is 28.4 Å². The predicted molar refractivity (Wildman–Crippen MR) is 101 cm³/mol. The molecule has 0 heterocycles. The lowest BCUT2D eigenvalue weighted by Gasteiger charge is -2.22. The quantitative estimate of drug-likeness (QED) is 0.525. The van der Waals surface area contributed by atoms with Gasteiger partial charge in [0.1, 0.15) is 0 Å². The zero-order valence-corrected chi connectivity index (χ0v) is 16.9. The average Bonchev–Trinajstić information content (AvgIpc) is 2.72. The molecule has 0 amide bonds. The van der Waals surface area contributed by atoms with Gasteiger partial charge in [-0.25, -0.2) is 0 Å². The Labute approximate surface area is 171 Å². The summed E-state index contributed by atoms with van der Waals surface area (Å²) in [4.78, 5) is 12.0. The minimum atomic E-state index is -4.29. The number of carbonyl (C=O) groups is 1. The summed E-state index contributed by atoms with van der Waals surface area (Å²) in [7, 11) is 5.35. The van der Waals surface area contributed by atoms with E-state index in [-0.39, 0.29) is 34.1 Å². The summed E-state index contributed by atoms with van der Waals surface area (Å²) >= 11 is 0. The molecule has 0 aliphatic heterocycles. The lowest BCUT2D eigenvalue weighted by Crippen LogP contribution is -2.45. The fraction of sp³-hybridized carbons (Fsp3) is 0.381. The molecule has 0 aliphatic carbocycles. The topological polar surface area (TPSA) is 54.0 Å². The van der Waals surface area contributed by atoms with E-state index in [0.717, 1.165) is 0 Å². The smallest absolute Gasteiger partial charge is 0.315 e. The number of ketones is 1. The monoisotopic (exact) mass is 430 g/mol. The van der Waals surface area contributed by atoms with Crippen molar-refractivity contribution < 1.29 is 41.3 Å². The minimum absolute atomic E-state index is 0.0482. The fourth-order valence-electron chi connectivity index (χ4n) is 2.92. The van der Waals surface area contributed by atoms with Crippen LogP contribution in [0.1, 0.15) is 11.1 Å². The first-order valence-electron chi connectivity index (χ1n) is 8.80. The van der Waals surface area contributed by atoms with Crippen molar-refractivity contribution in [3.8, 4) is 23.0 Å². The van der Waals surface area contributed by atoms with Gasteiger partial charge in [-0.2, -0.15) is 17.6 Å². The first kappa shape index (κ1) is 23.3. The fourth-order valence-corrected chi connectivity index (χ4v) is 2.92. The SMILES string of the molecule is COc1ccc(CC(F)(F)C(=O)C(F)(F)Cc2ccc(OC)c(OC)c2)cc1OC. The molecule has 5 nitrogen and oxygen atoms in total. The standard InChI is InChI=1S/C21H22F4O5/c1-27-15-7-5-13(9-17(15)29-3)11-20(22,23)19(26)21(24,25)12-14-6-8-16(28-2)18(10-14)30-4/h5-10H,11-12H2,1-4H3. The molecule has 0 aromatic heterocycles. The molecule has 30 heavy (non-hydrogen) atoms. The highest BCUT2D eigenvalue weighted by atomic mass is 19.3. The molecule has 0 fully saturated rings. The van der Waals surface area contributed by atoms with Gasteiger partial charge in [-0.15, -0.1) is 0 Å². The van der Waals surface area contributed by atoms with Gasteiger partial charge in [-0.05, 0) is 35.4 Å². The van der Waals surface area contributed by atoms with E-state index in [9.17, 15) is 22.4 Å². The second kappa shape index (κ2) is 9.23. The summed E-state index contributed by atoms with van der Waals surface area (Å²) in [5, 5.41) is 0. The Kier molecular flexibility index (Phi) is 7.17. The first-order chi connectivity index (χ1) is 14.1. The third-order valence-corrected chi connectivity index (χ3v) is 4.41. The van der Waals surface area contributed by atoms with E-state index >= 15 is 0 Å². The van der Waals surface area contributed by atoms with Gasteiger partial charge in [0.15, 0.2) is 23.0 Å². The Morgan fingerprint density at radius 1 is 0.667 bits per heavy atom. The van der Waals surface area contributed by atoms with Crippen LogP contribution in [0.3, 0.4) is 0 Å². The molecule has 2 rings (SSSR count). The van der Waals surface area contributed by atoms with E-state index in [2.05, 4.69) is 0 Å². The normalized spacial score (nSPS) is 11.7. The summed E-state index contributed by atoms with van der Waals surface area (Å²) in [5.41, 5.74) is -0.0965. The van der Waals surface area contributed by atoms with Crippen LogP contribution < -0.4 is 18.9 Å². The Morgan fingerprint density at radius 2 is 1.00 bits per heavy atom. The number of methoxy groups -OCH3 is 4. The molecule has 0 spiro atoms. The Bertz CT molecular complexity index is 827. The maximum Gasteiger partial charge on any atom is 0.315 e. The van der Waals surface area contributed by atoms with Crippen molar-refractivity contribution in [2.24, 2.45) is 0 Å². The highest BCUT2D eigenvalue weighted by Gasteiger charge is 2.53. The average molecular weight is 430 g/mol. The number of benzene rings is 2. The van der Waals surface area contributed by atoms with Crippen LogP contribution in [-0.4, -0.2) is 46.1 Å². The van der Waals surface area contributed by atoms with E-state index in [4.69, 9.17) is 18.9 Å². The largest absolute Gasteiger partial charge is 0.493 e. The molecule has 0 N–H and O–H groups in total. The Balaban J connectivity index is 2.22. The van der Waals surface area contributed by atoms with E-state index in [0.29, 0.717) is 0 Å². The molecular formula is C21H22F4O5. The maximum absolute atomic E-state index is 14.4. The van der Waals surface area contributed by atoms with Crippen molar-refractivity contribution >= 4 is 5.78 Å². The molecule has 9 heteroatoms. The van der Waals surface area contributed by atoms with Gasteiger partial charge in [0.25, 0.3) is 5.78 Å². The third-order valence-electron chi connectivity index (χ3n) is 4.41. The van der Waals surface area contributed by atoms with Crippen LogP contribution in [0.2, 0.25) is 0 Å². The van der Waals surface area contributed by atoms with Gasteiger partial charge < -0.3 is 18.9 Å². The van der Waals surface area contributed by atoms with Crippen LogP contribution >= 0.6 is 0 Å². The highest BCUT2D eigenvalue weighted by Crippen LogP contribution is 2.36. The first-order valence-corrected chi connectivity index (χ1v) is 8.80. The number of Topliss-reactive ketones (excluding diaryl/α,β-unsaturated/α-hetero) is 1. The van der Waals surface area contributed by atoms with Crippen LogP contribution in [0, 0.1) is 0 Å². The number of halogens is 4. The van der Waals surface area contributed by atoms with E-state index in [1.165, 1.54) is 64.8 Å². The summed E-state index contributed by atoms with van der Waals surface area (Å²) in [6, 6.07) is 7.66. The van der Waals surface area contributed by atoms with E-state index in [1.807, 2.05) is 0 Å². The van der Waals surface area contributed by atoms with Gasteiger partial charge in [-0.3, -0.25) is 4.79 Å². The lowest BCUT2D eigenvalue weighted by atomic mass is 9.95. The summed E-state index contributed by atoms with van der Waals surface area (Å²) in [6.07, 6.45) is -2.40. The third kappa shape index (κ3) is 5.14. The number of rotatable bonds is 10. The molecule has 0 saturated carbocycles. The van der Waals surface area contributed by atoms with E-state index < -0.39 is 30.5 Å². The van der Waals surface area contributed by atoms with Crippen LogP contribution in [0.15, 0.2) is 36.4 Å². The molecule has 0 radical (unpaired) electrons. The second-order valence-electron chi connectivity index (χ2n) is 6.47. The van der Waals surface area contributed by atoms with Crippen molar-refractivity contribution in [1.29, 1.82) is 0 Å². The van der Waals surface area contributed by atoms with Crippen LogP contribution in [0.4, 0.5) is 17.6 Å². The van der Waals surface area contributed by atoms with Gasteiger partial charge in [-0.1, -0.05) is 12.1 Å². The molecule has 2 aromatic carbocycles. The van der Waals surface area contributed by atoms with Gasteiger partial charge >= 0.3 is 11.8 Å². The van der Waals surface area contributed by atoms with Crippen LogP contribution in [-0.2, 0) is 17.6 Å². The van der Waals surface area contributed by atoms with E-state index in [1.54, 1.807) is 0 Å². The zero-order chi connectivity index (χ0) is 22.5. The molecule has 0 unspecified atom stereocenters. The highest BCUT2D eigenvalue weighted by molar-refractivity contribution is 5.92. The molecule has 0 aliphatic rings. The van der Waals surface area contributed by atoms with Crippen molar-refractivity contribution in [2.75, 3.05) is 28.4 Å². The van der Waals surface area contributed by atoms with Gasteiger partial charge in [0.2, 0.25) is 0 Å². The lowest BCUT2D eigenvalue weighted by molar-refractivity contribution is -0.168. The minimum Gasteiger partial charge on any atom is -0.493 e. The van der Waals surface area contributed by atoms with Crippen molar-refractivity contribution in [2.45, 2.75) is 24.7 Å². The zero-order valence-electron chi connectivity index (χ0n) is 16.9. The number of alkyl halides is 4. The second-order valence-corrected chi connectivity index (χ2v) is 6.47. The van der Waals surface area contributed by atoms with Gasteiger partial charge in [0, 0.05) is 12.8 Å². The molecule has 0 atom stereocenters. The van der Waals surface area contributed by atoms with Crippen LogP contribution in [0.25, 0.3) is 0 Å². The van der Waals surface area contributed by atoms with Crippen LogP contribution in [0.5, 0.6) is 23.0 Å². The number of hydrogen-bond donors (Lipinski definition) is 0. The summed E-state index contributed by atoms with van der Waals surface area (Å²) in [5.74, 6) is -10.2. The number of hydrogen-bond acceptors (Lipinski definition) is 5. The molecular weight excluding hydrogens is 408 g/mol. The summed E-state index contributed by atoms with van der Waals surface area (Å²) in [6.45, 7) is 0. The van der Waals surface area contributed by atoms with Crippen molar-refractivity contribution in [1.82, 2.24) is 0 Å².